The Hall–Kier alpha value is -2.28. The van der Waals surface area contributed by atoms with Gasteiger partial charge in [0.1, 0.15) is 0 Å². The summed E-state index contributed by atoms with van der Waals surface area (Å²) >= 11 is 0. The average molecular weight is 334 g/mol. The van der Waals surface area contributed by atoms with Gasteiger partial charge in [-0.3, -0.25) is 9.59 Å². The number of benzene rings is 1. The van der Waals surface area contributed by atoms with Crippen LogP contribution >= 0.6 is 0 Å². The van der Waals surface area contributed by atoms with Gasteiger partial charge in [-0.05, 0) is 12.1 Å². The minimum Gasteiger partial charge on any atom is -0.490 e. The third kappa shape index (κ3) is 4.17. The van der Waals surface area contributed by atoms with Crippen LogP contribution in [-0.4, -0.2) is 62.7 Å². The van der Waals surface area contributed by atoms with E-state index in [1.807, 2.05) is 23.1 Å². The summed E-state index contributed by atoms with van der Waals surface area (Å²) in [6, 6.07) is 5.46. The van der Waals surface area contributed by atoms with Crippen molar-refractivity contribution in [2.45, 2.75) is 13.3 Å². The number of piperazine rings is 1. The molecule has 0 unspecified atom stereocenters. The van der Waals surface area contributed by atoms with E-state index in [0.717, 1.165) is 25.3 Å². The number of ether oxygens (including phenoxy) is 2. The molecule has 1 aromatic carbocycles. The third-order valence-electron chi connectivity index (χ3n) is 4.36. The Morgan fingerprint density at radius 1 is 1.17 bits per heavy atom. The van der Waals surface area contributed by atoms with Crippen LogP contribution in [0, 0.1) is 0 Å². The highest BCUT2D eigenvalue weighted by molar-refractivity contribution is 5.91. The van der Waals surface area contributed by atoms with E-state index in [4.69, 9.17) is 9.47 Å². The van der Waals surface area contributed by atoms with Crippen LogP contribution in [0.4, 0.5) is 5.69 Å². The molecule has 0 aromatic heterocycles. The number of anilines is 1. The Bertz CT molecular complexity index is 612. The van der Waals surface area contributed by atoms with Crippen molar-refractivity contribution in [1.29, 1.82) is 0 Å². The topological polar surface area (TPSA) is 72.3 Å². The number of hydrogen-bond donors (Lipinski definition) is 2. The summed E-state index contributed by atoms with van der Waals surface area (Å²) in [4.78, 5) is 26.6. The molecule has 0 saturated carbocycles. The van der Waals surface area contributed by atoms with Gasteiger partial charge in [-0.1, -0.05) is 0 Å². The number of nitrogens with zero attached hydrogens (tertiary/aromatic N) is 1. The maximum Gasteiger partial charge on any atom is 0.279 e. The molecule has 2 N–H and O–H groups in total. The first-order chi connectivity index (χ1) is 11.6. The Morgan fingerprint density at radius 2 is 1.88 bits per heavy atom. The fraction of sp³-hybridized carbons (Fsp3) is 0.529. The van der Waals surface area contributed by atoms with E-state index in [-0.39, 0.29) is 11.8 Å². The van der Waals surface area contributed by atoms with Crippen LogP contribution in [0.3, 0.4) is 0 Å². The molecule has 7 heteroatoms. The first-order valence-electron chi connectivity index (χ1n) is 8.40. The van der Waals surface area contributed by atoms with Crippen molar-refractivity contribution in [2.24, 2.45) is 0 Å². The standard InChI is InChI=1S/C17H23N3O4/c1-13(21)20-7-5-19(6-8-20)12-17(22)18-14-3-4-15-16(11-14)24-10-2-9-23-15/h3-4,11H,2,5-10,12H2,1H3,(H,18,22)/p+1. The lowest BCUT2D eigenvalue weighted by atomic mass is 10.2. The molecular formula is C17H24N3O4+. The van der Waals surface area contributed by atoms with E-state index in [0.29, 0.717) is 44.3 Å². The van der Waals surface area contributed by atoms with Gasteiger partial charge < -0.3 is 24.6 Å². The monoisotopic (exact) mass is 334 g/mol. The molecule has 130 valence electrons. The van der Waals surface area contributed by atoms with E-state index >= 15 is 0 Å². The maximum absolute atomic E-state index is 12.2. The molecule has 0 bridgehead atoms. The summed E-state index contributed by atoms with van der Waals surface area (Å²) in [5.74, 6) is 1.46. The van der Waals surface area contributed by atoms with E-state index in [1.54, 1.807) is 6.92 Å². The van der Waals surface area contributed by atoms with Gasteiger partial charge in [-0.2, -0.15) is 0 Å². The molecule has 0 aliphatic carbocycles. The van der Waals surface area contributed by atoms with Crippen molar-refractivity contribution < 1.29 is 24.0 Å². The van der Waals surface area contributed by atoms with E-state index < -0.39 is 0 Å². The van der Waals surface area contributed by atoms with Gasteiger partial charge in [0.2, 0.25) is 5.91 Å². The third-order valence-corrected chi connectivity index (χ3v) is 4.36. The van der Waals surface area contributed by atoms with Gasteiger partial charge in [0.25, 0.3) is 5.91 Å². The second-order valence-electron chi connectivity index (χ2n) is 6.19. The van der Waals surface area contributed by atoms with Crippen molar-refractivity contribution in [1.82, 2.24) is 4.90 Å². The molecule has 1 saturated heterocycles. The Morgan fingerprint density at radius 3 is 2.58 bits per heavy atom. The number of carbonyl (C=O) groups excluding carboxylic acids is 2. The molecule has 0 radical (unpaired) electrons. The maximum atomic E-state index is 12.2. The molecule has 0 spiro atoms. The van der Waals surface area contributed by atoms with E-state index in [2.05, 4.69) is 5.32 Å². The normalized spacial score (nSPS) is 18.0. The van der Waals surface area contributed by atoms with E-state index in [9.17, 15) is 9.59 Å². The van der Waals surface area contributed by atoms with Crippen molar-refractivity contribution in [2.75, 3.05) is 51.3 Å². The first-order valence-corrected chi connectivity index (χ1v) is 8.40. The number of carbonyl (C=O) groups is 2. The minimum absolute atomic E-state index is 0.0317. The summed E-state index contributed by atoms with van der Waals surface area (Å²) in [7, 11) is 0. The lowest BCUT2D eigenvalue weighted by molar-refractivity contribution is -0.895. The largest absolute Gasteiger partial charge is 0.490 e. The number of quaternary nitrogens is 1. The van der Waals surface area contributed by atoms with Crippen LogP contribution in [0.25, 0.3) is 0 Å². The fourth-order valence-electron chi connectivity index (χ4n) is 2.99. The number of fused-ring (bicyclic) bond motifs is 1. The van der Waals surface area contributed by atoms with Crippen LogP contribution in [-0.2, 0) is 9.59 Å². The summed E-state index contributed by atoms with van der Waals surface area (Å²) < 4.78 is 11.2. The van der Waals surface area contributed by atoms with Crippen molar-refractivity contribution in [3.05, 3.63) is 18.2 Å². The molecule has 1 aromatic rings. The van der Waals surface area contributed by atoms with Gasteiger partial charge in [-0.15, -0.1) is 0 Å². The molecule has 24 heavy (non-hydrogen) atoms. The van der Waals surface area contributed by atoms with Crippen molar-refractivity contribution in [3.8, 4) is 11.5 Å². The predicted octanol–water partition coefficient (Wildman–Crippen LogP) is -0.467. The lowest BCUT2D eigenvalue weighted by Crippen LogP contribution is -3.15. The highest BCUT2D eigenvalue weighted by atomic mass is 16.5. The zero-order valence-electron chi connectivity index (χ0n) is 14.0. The van der Waals surface area contributed by atoms with Gasteiger partial charge >= 0.3 is 0 Å². The average Bonchev–Trinajstić information content (AvgIpc) is 2.80. The van der Waals surface area contributed by atoms with Crippen LogP contribution in [0.2, 0.25) is 0 Å². The molecule has 7 nitrogen and oxygen atoms in total. The molecular weight excluding hydrogens is 310 g/mol. The van der Waals surface area contributed by atoms with Gasteiger partial charge in [0, 0.05) is 25.1 Å². The summed E-state index contributed by atoms with van der Waals surface area (Å²) in [6.07, 6.45) is 0.853. The molecule has 2 heterocycles. The van der Waals surface area contributed by atoms with Crippen LogP contribution in [0.5, 0.6) is 11.5 Å². The summed E-state index contributed by atoms with van der Waals surface area (Å²) in [5.41, 5.74) is 0.714. The predicted molar refractivity (Wildman–Crippen MR) is 88.5 cm³/mol. The minimum atomic E-state index is -0.0317. The number of amides is 2. The SMILES string of the molecule is CC(=O)N1CC[NH+](CC(=O)Nc2ccc3c(c2)OCCCO3)CC1. The van der Waals surface area contributed by atoms with E-state index in [1.165, 1.54) is 4.90 Å². The Labute approximate surface area is 141 Å². The summed E-state index contributed by atoms with van der Waals surface area (Å²) in [5, 5.41) is 2.92. The second kappa shape index (κ2) is 7.53. The molecule has 0 atom stereocenters. The molecule has 2 aliphatic rings. The van der Waals surface area contributed by atoms with Gasteiger partial charge in [-0.25, -0.2) is 0 Å². The van der Waals surface area contributed by atoms with Crippen LogP contribution < -0.4 is 19.7 Å². The smallest absolute Gasteiger partial charge is 0.279 e. The molecule has 2 amide bonds. The Balaban J connectivity index is 1.52. The van der Waals surface area contributed by atoms with Gasteiger partial charge in [0.15, 0.2) is 18.0 Å². The number of hydrogen-bond acceptors (Lipinski definition) is 4. The zero-order valence-corrected chi connectivity index (χ0v) is 14.0. The molecule has 3 rings (SSSR count). The van der Waals surface area contributed by atoms with Crippen molar-refractivity contribution in [3.63, 3.8) is 0 Å². The van der Waals surface area contributed by atoms with Crippen LogP contribution in [0.15, 0.2) is 18.2 Å². The molecule has 1 fully saturated rings. The second-order valence-corrected chi connectivity index (χ2v) is 6.19. The van der Waals surface area contributed by atoms with Crippen molar-refractivity contribution >= 4 is 17.5 Å². The fourth-order valence-corrected chi connectivity index (χ4v) is 2.99. The highest BCUT2D eigenvalue weighted by Gasteiger charge is 2.23. The Kier molecular flexibility index (Phi) is 5.20. The highest BCUT2D eigenvalue weighted by Crippen LogP contribution is 2.32. The zero-order chi connectivity index (χ0) is 16.9. The first kappa shape index (κ1) is 16.6. The van der Waals surface area contributed by atoms with Crippen LogP contribution in [0.1, 0.15) is 13.3 Å². The number of rotatable bonds is 3. The molecule has 2 aliphatic heterocycles. The van der Waals surface area contributed by atoms with Gasteiger partial charge in [0.05, 0.1) is 39.4 Å². The number of nitrogens with one attached hydrogen (secondary N) is 2. The quantitative estimate of drug-likeness (QED) is 0.784. The lowest BCUT2D eigenvalue weighted by Gasteiger charge is -2.31. The summed E-state index contributed by atoms with van der Waals surface area (Å²) in [6.45, 7) is 6.28.